The minimum absolute atomic E-state index is 0.272. The van der Waals surface area contributed by atoms with E-state index in [0.29, 0.717) is 18.4 Å². The van der Waals surface area contributed by atoms with Gasteiger partial charge < -0.3 is 9.64 Å². The van der Waals surface area contributed by atoms with Gasteiger partial charge in [0, 0.05) is 6.61 Å². The molecule has 3 aromatic rings. The predicted octanol–water partition coefficient (Wildman–Crippen LogP) is 7.37. The maximum absolute atomic E-state index is 13.4. The fraction of sp³-hybridized carbons (Fsp3) is 0.400. The molecular weight excluding hydrogens is 428 g/mol. The maximum Gasteiger partial charge on any atom is 0.123 e. The molecule has 4 heteroatoms. The molecular formula is C30H35F2NO. The van der Waals surface area contributed by atoms with Gasteiger partial charge in [0.15, 0.2) is 0 Å². The quantitative estimate of drug-likeness (QED) is 0.311. The van der Waals surface area contributed by atoms with Gasteiger partial charge in [0.25, 0.3) is 0 Å². The van der Waals surface area contributed by atoms with E-state index in [0.717, 1.165) is 37.2 Å². The van der Waals surface area contributed by atoms with Crippen molar-refractivity contribution in [2.75, 3.05) is 26.2 Å². The van der Waals surface area contributed by atoms with E-state index in [1.165, 1.54) is 49.1 Å². The SMILES string of the molecule is C[C@H](CCN1CCC(CCOC(c2ccc(F)cc2)c2ccc(F)cc2)CC1)c1ccccc1. The minimum Gasteiger partial charge on any atom is -0.369 e. The minimum atomic E-state index is -0.319. The van der Waals surface area contributed by atoms with E-state index in [9.17, 15) is 8.78 Å². The molecule has 2 nitrogen and oxygen atoms in total. The average Bonchev–Trinajstić information content (AvgIpc) is 2.88. The first-order valence-corrected chi connectivity index (χ1v) is 12.5. The summed E-state index contributed by atoms with van der Waals surface area (Å²) in [6.45, 7) is 6.39. The van der Waals surface area contributed by atoms with Crippen LogP contribution in [0.4, 0.5) is 8.78 Å². The van der Waals surface area contributed by atoms with Crippen molar-refractivity contribution in [2.45, 2.75) is 44.6 Å². The molecule has 0 spiro atoms. The zero-order valence-electron chi connectivity index (χ0n) is 20.0. The Morgan fingerprint density at radius 3 is 1.91 bits per heavy atom. The van der Waals surface area contributed by atoms with Crippen molar-refractivity contribution < 1.29 is 13.5 Å². The summed E-state index contributed by atoms with van der Waals surface area (Å²) in [7, 11) is 0. The normalized spacial score (nSPS) is 16.1. The Labute approximate surface area is 202 Å². The Balaban J connectivity index is 1.23. The van der Waals surface area contributed by atoms with E-state index in [-0.39, 0.29) is 17.7 Å². The van der Waals surface area contributed by atoms with Crippen LogP contribution < -0.4 is 0 Å². The molecule has 1 heterocycles. The van der Waals surface area contributed by atoms with Crippen molar-refractivity contribution >= 4 is 0 Å². The molecule has 0 radical (unpaired) electrons. The van der Waals surface area contributed by atoms with Gasteiger partial charge in [0.1, 0.15) is 17.7 Å². The van der Waals surface area contributed by atoms with Gasteiger partial charge in [-0.15, -0.1) is 0 Å². The number of rotatable bonds is 10. The van der Waals surface area contributed by atoms with Crippen molar-refractivity contribution in [3.8, 4) is 0 Å². The van der Waals surface area contributed by atoms with Gasteiger partial charge >= 0.3 is 0 Å². The highest BCUT2D eigenvalue weighted by Gasteiger charge is 2.21. The standard InChI is InChI=1S/C30H35F2NO/c1-23(25-5-3-2-4-6-25)15-19-33-20-16-24(17-21-33)18-22-34-30(26-7-11-28(31)12-8-26)27-9-13-29(32)14-10-27/h2-14,23-24,30H,15-22H2,1H3/t23-/m1/s1. The van der Waals surface area contributed by atoms with Gasteiger partial charge in [0.05, 0.1) is 0 Å². The molecule has 4 rings (SSSR count). The molecule has 1 fully saturated rings. The van der Waals surface area contributed by atoms with Crippen molar-refractivity contribution in [1.82, 2.24) is 4.90 Å². The van der Waals surface area contributed by atoms with E-state index in [1.54, 1.807) is 24.3 Å². The number of piperidine rings is 1. The average molecular weight is 464 g/mol. The van der Waals surface area contributed by atoms with Gasteiger partial charge in [-0.25, -0.2) is 8.78 Å². The number of halogens is 2. The summed E-state index contributed by atoms with van der Waals surface area (Å²) in [5.74, 6) is 0.699. The molecule has 0 aromatic heterocycles. The third-order valence-corrected chi connectivity index (χ3v) is 7.11. The van der Waals surface area contributed by atoms with Crippen LogP contribution in [0.15, 0.2) is 78.9 Å². The smallest absolute Gasteiger partial charge is 0.123 e. The number of hydrogen-bond acceptors (Lipinski definition) is 2. The fourth-order valence-corrected chi connectivity index (χ4v) is 4.84. The largest absolute Gasteiger partial charge is 0.369 e. The van der Waals surface area contributed by atoms with Crippen LogP contribution in [-0.4, -0.2) is 31.1 Å². The van der Waals surface area contributed by atoms with Crippen LogP contribution in [0.25, 0.3) is 0 Å². The summed E-state index contributed by atoms with van der Waals surface area (Å²) in [5.41, 5.74) is 3.19. The van der Waals surface area contributed by atoms with Gasteiger partial charge in [-0.1, -0.05) is 61.5 Å². The van der Waals surface area contributed by atoms with Crippen LogP contribution in [0.2, 0.25) is 0 Å². The first-order valence-electron chi connectivity index (χ1n) is 12.5. The van der Waals surface area contributed by atoms with Crippen LogP contribution in [0.1, 0.15) is 61.3 Å². The van der Waals surface area contributed by atoms with Gasteiger partial charge in [-0.3, -0.25) is 0 Å². The van der Waals surface area contributed by atoms with Crippen molar-refractivity contribution in [3.63, 3.8) is 0 Å². The van der Waals surface area contributed by atoms with Gasteiger partial charge in [-0.2, -0.15) is 0 Å². The second kappa shape index (κ2) is 12.2. The molecule has 0 bridgehead atoms. The molecule has 1 aliphatic heterocycles. The summed E-state index contributed by atoms with van der Waals surface area (Å²) in [4.78, 5) is 2.59. The summed E-state index contributed by atoms with van der Waals surface area (Å²) >= 11 is 0. The Morgan fingerprint density at radius 2 is 1.35 bits per heavy atom. The molecule has 0 saturated carbocycles. The highest BCUT2D eigenvalue weighted by Crippen LogP contribution is 2.29. The second-order valence-electron chi connectivity index (χ2n) is 9.53. The molecule has 1 saturated heterocycles. The lowest BCUT2D eigenvalue weighted by atomic mass is 9.92. The Bertz CT molecular complexity index is 937. The molecule has 0 N–H and O–H groups in total. The predicted molar refractivity (Wildman–Crippen MR) is 134 cm³/mol. The van der Waals surface area contributed by atoms with Crippen LogP contribution in [0, 0.1) is 17.6 Å². The first kappa shape index (κ1) is 24.6. The summed E-state index contributed by atoms with van der Waals surface area (Å²) in [6, 6.07) is 23.6. The lowest BCUT2D eigenvalue weighted by Gasteiger charge is -2.33. The summed E-state index contributed by atoms with van der Waals surface area (Å²) in [6.07, 6.45) is 4.27. The monoisotopic (exact) mass is 463 g/mol. The van der Waals surface area contributed by atoms with Crippen LogP contribution in [0.5, 0.6) is 0 Å². The second-order valence-corrected chi connectivity index (χ2v) is 9.53. The summed E-state index contributed by atoms with van der Waals surface area (Å²) in [5, 5.41) is 0. The zero-order chi connectivity index (χ0) is 23.8. The Morgan fingerprint density at radius 1 is 0.794 bits per heavy atom. The highest BCUT2D eigenvalue weighted by atomic mass is 19.1. The molecule has 1 aliphatic rings. The fourth-order valence-electron chi connectivity index (χ4n) is 4.84. The molecule has 180 valence electrons. The van der Waals surface area contributed by atoms with Crippen LogP contribution in [0.3, 0.4) is 0 Å². The topological polar surface area (TPSA) is 12.5 Å². The molecule has 1 atom stereocenters. The molecule has 0 aliphatic carbocycles. The number of hydrogen-bond donors (Lipinski definition) is 0. The van der Waals surface area contributed by atoms with E-state index < -0.39 is 0 Å². The van der Waals surface area contributed by atoms with E-state index >= 15 is 0 Å². The van der Waals surface area contributed by atoms with Crippen LogP contribution >= 0.6 is 0 Å². The number of likely N-dealkylation sites (tertiary alicyclic amines) is 1. The molecule has 0 amide bonds. The van der Waals surface area contributed by atoms with Crippen molar-refractivity contribution in [1.29, 1.82) is 0 Å². The third kappa shape index (κ3) is 6.97. The van der Waals surface area contributed by atoms with Gasteiger partial charge in [-0.05, 0) is 98.1 Å². The first-order chi connectivity index (χ1) is 16.6. The Kier molecular flexibility index (Phi) is 8.84. The molecule has 0 unspecified atom stereocenters. The van der Waals surface area contributed by atoms with E-state index in [2.05, 4.69) is 42.2 Å². The summed E-state index contributed by atoms with van der Waals surface area (Å²) < 4.78 is 33.1. The van der Waals surface area contributed by atoms with E-state index in [4.69, 9.17) is 4.74 Å². The highest BCUT2D eigenvalue weighted by molar-refractivity contribution is 5.30. The third-order valence-electron chi connectivity index (χ3n) is 7.11. The van der Waals surface area contributed by atoms with Gasteiger partial charge in [0.2, 0.25) is 0 Å². The lowest BCUT2D eigenvalue weighted by molar-refractivity contribution is 0.0599. The number of ether oxygens (including phenoxy) is 1. The Hall–Kier alpha value is -2.56. The lowest BCUT2D eigenvalue weighted by Crippen LogP contribution is -2.35. The molecule has 34 heavy (non-hydrogen) atoms. The van der Waals surface area contributed by atoms with E-state index in [1.807, 2.05) is 0 Å². The maximum atomic E-state index is 13.4. The molecule has 3 aromatic carbocycles. The number of nitrogens with zero attached hydrogens (tertiary/aromatic N) is 1. The number of benzene rings is 3. The van der Waals surface area contributed by atoms with Crippen molar-refractivity contribution in [2.24, 2.45) is 5.92 Å². The zero-order valence-corrected chi connectivity index (χ0v) is 20.0. The van der Waals surface area contributed by atoms with Crippen LogP contribution in [-0.2, 0) is 4.74 Å². The van der Waals surface area contributed by atoms with Crippen molar-refractivity contribution in [3.05, 3.63) is 107 Å².